The monoisotopic (exact) mass is 427 g/mol. The van der Waals surface area contributed by atoms with Crippen molar-refractivity contribution >= 4 is 11.8 Å². The Bertz CT molecular complexity index is 1300. The van der Waals surface area contributed by atoms with Crippen LogP contribution in [0.3, 0.4) is 0 Å². The van der Waals surface area contributed by atoms with Crippen LogP contribution in [0, 0.1) is 6.92 Å². The van der Waals surface area contributed by atoms with E-state index in [9.17, 15) is 0 Å². The molecule has 0 aliphatic heterocycles. The van der Waals surface area contributed by atoms with E-state index in [1.807, 2.05) is 65.7 Å². The second kappa shape index (κ2) is 8.28. The third-order valence-electron chi connectivity index (χ3n) is 5.15. The van der Waals surface area contributed by atoms with Crippen LogP contribution in [0.1, 0.15) is 11.3 Å². The molecule has 5 aromatic rings. The number of thioether (sulfide) groups is 1. The second-order valence-electron chi connectivity index (χ2n) is 7.19. The van der Waals surface area contributed by atoms with Crippen molar-refractivity contribution in [2.24, 2.45) is 7.05 Å². The molecule has 0 radical (unpaired) electrons. The number of para-hydroxylation sites is 1. The number of benzene rings is 2. The fourth-order valence-corrected chi connectivity index (χ4v) is 4.38. The standard InChI is InChI=1S/C24H21N5OS/c1-17-21(13-14-30-17)23-25-26-24(28(23)2)31-16-19-15-29(20-11-7-4-8-12-20)27-22(19)18-9-5-3-6-10-18/h3-15H,16H2,1-2H3. The molecule has 0 amide bonds. The van der Waals surface area contributed by atoms with E-state index in [1.54, 1.807) is 18.0 Å². The maximum atomic E-state index is 5.42. The predicted octanol–water partition coefficient (Wildman–Crippen LogP) is 5.53. The van der Waals surface area contributed by atoms with Gasteiger partial charge in [0.25, 0.3) is 0 Å². The van der Waals surface area contributed by atoms with Crippen molar-refractivity contribution in [1.82, 2.24) is 24.5 Å². The summed E-state index contributed by atoms with van der Waals surface area (Å²) >= 11 is 1.65. The quantitative estimate of drug-likeness (QED) is 0.334. The average molecular weight is 428 g/mol. The van der Waals surface area contributed by atoms with E-state index >= 15 is 0 Å². The minimum Gasteiger partial charge on any atom is -0.469 e. The van der Waals surface area contributed by atoms with E-state index < -0.39 is 0 Å². The summed E-state index contributed by atoms with van der Waals surface area (Å²) in [5.41, 5.74) is 5.21. The van der Waals surface area contributed by atoms with Gasteiger partial charge < -0.3 is 8.98 Å². The first-order valence-corrected chi connectivity index (χ1v) is 11.0. The molecule has 7 heteroatoms. The topological polar surface area (TPSA) is 61.7 Å². The summed E-state index contributed by atoms with van der Waals surface area (Å²) in [6, 6.07) is 22.4. The number of hydrogen-bond donors (Lipinski definition) is 0. The molecule has 3 heterocycles. The van der Waals surface area contributed by atoms with Gasteiger partial charge in [-0.25, -0.2) is 4.68 Å². The molecule has 0 unspecified atom stereocenters. The molecule has 0 aliphatic carbocycles. The number of rotatable bonds is 6. The van der Waals surface area contributed by atoms with Crippen molar-refractivity contribution in [2.75, 3.05) is 0 Å². The molecule has 0 saturated heterocycles. The van der Waals surface area contributed by atoms with Crippen molar-refractivity contribution < 1.29 is 4.42 Å². The van der Waals surface area contributed by atoms with Crippen LogP contribution in [0.25, 0.3) is 28.3 Å². The predicted molar refractivity (Wildman–Crippen MR) is 122 cm³/mol. The molecule has 0 aliphatic rings. The number of aromatic nitrogens is 5. The maximum absolute atomic E-state index is 5.42. The fourth-order valence-electron chi connectivity index (χ4n) is 3.50. The van der Waals surface area contributed by atoms with Gasteiger partial charge in [-0.15, -0.1) is 10.2 Å². The van der Waals surface area contributed by atoms with Gasteiger partial charge >= 0.3 is 0 Å². The van der Waals surface area contributed by atoms with Crippen LogP contribution >= 0.6 is 11.8 Å². The van der Waals surface area contributed by atoms with Crippen molar-refractivity contribution in [1.29, 1.82) is 0 Å². The Morgan fingerprint density at radius 3 is 2.39 bits per heavy atom. The molecule has 0 saturated carbocycles. The van der Waals surface area contributed by atoms with Gasteiger partial charge in [-0.3, -0.25) is 0 Å². The number of hydrogen-bond acceptors (Lipinski definition) is 5. The summed E-state index contributed by atoms with van der Waals surface area (Å²) in [6.07, 6.45) is 3.78. The Morgan fingerprint density at radius 1 is 0.935 bits per heavy atom. The molecule has 0 atom stereocenters. The Balaban J connectivity index is 1.46. The summed E-state index contributed by atoms with van der Waals surface area (Å²) in [4.78, 5) is 0. The second-order valence-corrected chi connectivity index (χ2v) is 8.14. The lowest BCUT2D eigenvalue weighted by molar-refractivity contribution is 0.534. The van der Waals surface area contributed by atoms with Crippen LogP contribution in [0.5, 0.6) is 0 Å². The number of aryl methyl sites for hydroxylation is 1. The molecule has 154 valence electrons. The smallest absolute Gasteiger partial charge is 0.191 e. The van der Waals surface area contributed by atoms with Crippen LogP contribution in [-0.4, -0.2) is 24.5 Å². The van der Waals surface area contributed by atoms with Crippen LogP contribution in [0.15, 0.2) is 88.8 Å². The summed E-state index contributed by atoms with van der Waals surface area (Å²) in [7, 11) is 1.98. The highest BCUT2D eigenvalue weighted by Gasteiger charge is 2.17. The zero-order valence-corrected chi connectivity index (χ0v) is 18.1. The van der Waals surface area contributed by atoms with Crippen molar-refractivity contribution in [3.63, 3.8) is 0 Å². The molecule has 31 heavy (non-hydrogen) atoms. The number of nitrogens with zero attached hydrogens (tertiary/aromatic N) is 5. The van der Waals surface area contributed by atoms with Gasteiger partial charge in [-0.2, -0.15) is 5.10 Å². The highest BCUT2D eigenvalue weighted by molar-refractivity contribution is 7.98. The Labute approximate surface area is 184 Å². The van der Waals surface area contributed by atoms with E-state index in [1.165, 1.54) is 0 Å². The molecule has 3 aromatic heterocycles. The normalized spacial score (nSPS) is 11.2. The lowest BCUT2D eigenvalue weighted by atomic mass is 10.1. The molecule has 0 spiro atoms. The summed E-state index contributed by atoms with van der Waals surface area (Å²) in [6.45, 7) is 1.93. The summed E-state index contributed by atoms with van der Waals surface area (Å²) in [5, 5.41) is 14.5. The van der Waals surface area contributed by atoms with Gasteiger partial charge in [0.15, 0.2) is 11.0 Å². The third kappa shape index (κ3) is 3.80. The van der Waals surface area contributed by atoms with Gasteiger partial charge in [-0.05, 0) is 25.1 Å². The third-order valence-corrected chi connectivity index (χ3v) is 6.22. The highest BCUT2D eigenvalue weighted by Crippen LogP contribution is 2.31. The fraction of sp³-hybridized carbons (Fsp3) is 0.125. The molecule has 0 bridgehead atoms. The van der Waals surface area contributed by atoms with E-state index in [2.05, 4.69) is 40.7 Å². The molecule has 0 fully saturated rings. The van der Waals surface area contributed by atoms with Gasteiger partial charge in [0.05, 0.1) is 23.2 Å². The van der Waals surface area contributed by atoms with Crippen molar-refractivity contribution in [3.05, 3.63) is 90.5 Å². The van der Waals surface area contributed by atoms with Gasteiger partial charge in [0, 0.05) is 30.1 Å². The van der Waals surface area contributed by atoms with Crippen LogP contribution in [0.4, 0.5) is 0 Å². The van der Waals surface area contributed by atoms with Crippen molar-refractivity contribution in [3.8, 4) is 28.3 Å². The first-order chi connectivity index (χ1) is 15.2. The molecular formula is C24H21N5OS. The molecule has 6 nitrogen and oxygen atoms in total. The van der Waals surface area contributed by atoms with E-state index in [0.717, 1.165) is 50.6 Å². The first kappa shape index (κ1) is 19.4. The molecule has 0 N–H and O–H groups in total. The molecule has 5 rings (SSSR count). The minimum atomic E-state index is 0.730. The summed E-state index contributed by atoms with van der Waals surface area (Å²) < 4.78 is 9.37. The van der Waals surface area contributed by atoms with Crippen LogP contribution in [-0.2, 0) is 12.8 Å². The van der Waals surface area contributed by atoms with E-state index in [-0.39, 0.29) is 0 Å². The Morgan fingerprint density at radius 2 is 1.68 bits per heavy atom. The van der Waals surface area contributed by atoms with Gasteiger partial charge in [0.2, 0.25) is 0 Å². The largest absolute Gasteiger partial charge is 0.469 e. The maximum Gasteiger partial charge on any atom is 0.191 e. The SMILES string of the molecule is Cc1occc1-c1nnc(SCc2cn(-c3ccccc3)nc2-c2ccccc2)n1C. The van der Waals surface area contributed by atoms with E-state index in [4.69, 9.17) is 9.52 Å². The Kier molecular flexibility index (Phi) is 5.18. The zero-order valence-electron chi connectivity index (χ0n) is 17.3. The summed E-state index contributed by atoms with van der Waals surface area (Å²) in [5.74, 6) is 2.37. The van der Waals surface area contributed by atoms with E-state index in [0.29, 0.717) is 0 Å². The Hall–Kier alpha value is -3.58. The first-order valence-electron chi connectivity index (χ1n) is 9.97. The van der Waals surface area contributed by atoms with Crippen molar-refractivity contribution in [2.45, 2.75) is 17.8 Å². The number of furan rings is 1. The lowest BCUT2D eigenvalue weighted by Gasteiger charge is -2.04. The van der Waals surface area contributed by atoms with Crippen LogP contribution < -0.4 is 0 Å². The minimum absolute atomic E-state index is 0.730. The molecule has 2 aromatic carbocycles. The molecular weight excluding hydrogens is 406 g/mol. The van der Waals surface area contributed by atoms with Crippen LogP contribution in [0.2, 0.25) is 0 Å². The zero-order chi connectivity index (χ0) is 21.2. The lowest BCUT2D eigenvalue weighted by Crippen LogP contribution is -1.95. The highest BCUT2D eigenvalue weighted by atomic mass is 32.2. The van der Waals surface area contributed by atoms with Gasteiger partial charge in [-0.1, -0.05) is 60.3 Å². The van der Waals surface area contributed by atoms with Gasteiger partial charge in [0.1, 0.15) is 5.76 Å². The average Bonchev–Trinajstić information content (AvgIpc) is 3.52.